The first kappa shape index (κ1) is 15.2. The molecular formula is C11H14ClN3O4S. The van der Waals surface area contributed by atoms with Gasteiger partial charge >= 0.3 is 0 Å². The summed E-state index contributed by atoms with van der Waals surface area (Å²) in [5.41, 5.74) is -0.458. The van der Waals surface area contributed by atoms with Gasteiger partial charge in [0.15, 0.2) is 4.90 Å². The minimum atomic E-state index is -3.94. The summed E-state index contributed by atoms with van der Waals surface area (Å²) in [6.07, 6.45) is 0. The van der Waals surface area contributed by atoms with E-state index >= 15 is 0 Å². The minimum absolute atomic E-state index is 0.150. The van der Waals surface area contributed by atoms with Gasteiger partial charge in [-0.05, 0) is 19.1 Å². The Kier molecular flexibility index (Phi) is 4.28. The highest BCUT2D eigenvalue weighted by Gasteiger charge is 2.35. The molecule has 0 aromatic heterocycles. The van der Waals surface area contributed by atoms with Crippen molar-refractivity contribution in [2.24, 2.45) is 0 Å². The summed E-state index contributed by atoms with van der Waals surface area (Å²) in [6.45, 7) is 3.04. The second kappa shape index (κ2) is 5.65. The average molecular weight is 320 g/mol. The van der Waals surface area contributed by atoms with Crippen LogP contribution in [-0.2, 0) is 10.0 Å². The van der Waals surface area contributed by atoms with Crippen molar-refractivity contribution in [3.63, 3.8) is 0 Å². The maximum Gasteiger partial charge on any atom is 0.289 e. The van der Waals surface area contributed by atoms with E-state index in [4.69, 9.17) is 11.6 Å². The van der Waals surface area contributed by atoms with Crippen LogP contribution in [0, 0.1) is 10.1 Å². The van der Waals surface area contributed by atoms with Crippen LogP contribution in [0.5, 0.6) is 0 Å². The van der Waals surface area contributed by atoms with Crippen molar-refractivity contribution in [2.45, 2.75) is 17.9 Å². The number of nitrogens with one attached hydrogen (secondary N) is 1. The van der Waals surface area contributed by atoms with Crippen LogP contribution in [0.1, 0.15) is 6.92 Å². The highest BCUT2D eigenvalue weighted by molar-refractivity contribution is 7.89. The zero-order valence-corrected chi connectivity index (χ0v) is 12.3. The number of benzene rings is 1. The van der Waals surface area contributed by atoms with E-state index in [0.717, 1.165) is 12.1 Å². The summed E-state index contributed by atoms with van der Waals surface area (Å²) in [5.74, 6) is 0. The fraction of sp³-hybridized carbons (Fsp3) is 0.455. The van der Waals surface area contributed by atoms with Crippen LogP contribution in [0.2, 0.25) is 5.02 Å². The monoisotopic (exact) mass is 319 g/mol. The van der Waals surface area contributed by atoms with Gasteiger partial charge in [-0.3, -0.25) is 10.1 Å². The van der Waals surface area contributed by atoms with Crippen molar-refractivity contribution in [1.82, 2.24) is 9.62 Å². The lowest BCUT2D eigenvalue weighted by Gasteiger charge is -2.32. The van der Waals surface area contributed by atoms with E-state index < -0.39 is 20.6 Å². The Balaban J connectivity index is 2.53. The number of nitrogens with zero attached hydrogens (tertiary/aromatic N) is 2. The number of hydrogen-bond donors (Lipinski definition) is 1. The predicted molar refractivity (Wildman–Crippen MR) is 74.3 cm³/mol. The van der Waals surface area contributed by atoms with Gasteiger partial charge < -0.3 is 5.32 Å². The molecule has 1 aromatic rings. The normalized spacial score (nSPS) is 20.8. The Bertz CT molecular complexity index is 635. The van der Waals surface area contributed by atoms with Crippen LogP contribution >= 0.6 is 11.6 Å². The first-order chi connectivity index (χ1) is 9.34. The molecule has 0 saturated carbocycles. The van der Waals surface area contributed by atoms with Gasteiger partial charge in [0.05, 0.1) is 4.92 Å². The summed E-state index contributed by atoms with van der Waals surface area (Å²) < 4.78 is 26.5. The van der Waals surface area contributed by atoms with Gasteiger partial charge in [-0.25, -0.2) is 8.42 Å². The lowest BCUT2D eigenvalue weighted by molar-refractivity contribution is -0.387. The molecule has 9 heteroatoms. The van der Waals surface area contributed by atoms with Gasteiger partial charge in [-0.2, -0.15) is 4.31 Å². The van der Waals surface area contributed by atoms with Crippen molar-refractivity contribution >= 4 is 27.3 Å². The first-order valence-corrected chi connectivity index (χ1v) is 7.82. The number of nitro benzene ring substituents is 1. The lowest BCUT2D eigenvalue weighted by atomic mass is 10.3. The van der Waals surface area contributed by atoms with Gasteiger partial charge in [0.25, 0.3) is 5.69 Å². The Morgan fingerprint density at radius 3 is 2.80 bits per heavy atom. The first-order valence-electron chi connectivity index (χ1n) is 6.00. The predicted octanol–water partition coefficient (Wildman–Crippen LogP) is 1.23. The Hall–Kier alpha value is -1.22. The van der Waals surface area contributed by atoms with E-state index in [1.807, 2.05) is 0 Å². The summed E-state index contributed by atoms with van der Waals surface area (Å²) in [5, 5.41) is 14.2. The van der Waals surface area contributed by atoms with Gasteiger partial charge in [0, 0.05) is 36.8 Å². The lowest BCUT2D eigenvalue weighted by Crippen LogP contribution is -2.52. The van der Waals surface area contributed by atoms with Crippen LogP contribution in [0.25, 0.3) is 0 Å². The second-order valence-electron chi connectivity index (χ2n) is 4.54. The summed E-state index contributed by atoms with van der Waals surface area (Å²) >= 11 is 5.78. The van der Waals surface area contributed by atoms with E-state index in [2.05, 4.69) is 5.32 Å². The van der Waals surface area contributed by atoms with E-state index in [1.54, 1.807) is 6.92 Å². The van der Waals surface area contributed by atoms with Gasteiger partial charge in [0.1, 0.15) is 0 Å². The smallest absolute Gasteiger partial charge is 0.289 e. The second-order valence-corrected chi connectivity index (χ2v) is 6.83. The fourth-order valence-corrected chi connectivity index (χ4v) is 4.20. The van der Waals surface area contributed by atoms with Crippen LogP contribution in [-0.4, -0.2) is 43.3 Å². The highest BCUT2D eigenvalue weighted by Crippen LogP contribution is 2.30. The number of sulfonamides is 1. The number of nitro groups is 1. The molecule has 20 heavy (non-hydrogen) atoms. The molecule has 1 atom stereocenters. The number of hydrogen-bond acceptors (Lipinski definition) is 5. The number of piperazine rings is 1. The fourth-order valence-electron chi connectivity index (χ4n) is 2.15. The number of rotatable bonds is 3. The van der Waals surface area contributed by atoms with Gasteiger partial charge in [-0.15, -0.1) is 0 Å². The Labute approximate surface area is 121 Å². The molecule has 0 radical (unpaired) electrons. The summed E-state index contributed by atoms with van der Waals surface area (Å²) in [4.78, 5) is 9.94. The van der Waals surface area contributed by atoms with Crippen molar-refractivity contribution in [2.75, 3.05) is 19.6 Å². The number of halogens is 1. The van der Waals surface area contributed by atoms with E-state index in [9.17, 15) is 18.5 Å². The molecule has 0 spiro atoms. The largest absolute Gasteiger partial charge is 0.314 e. The van der Waals surface area contributed by atoms with Gasteiger partial charge in [-0.1, -0.05) is 11.6 Å². The standard InChI is InChI=1S/C11H14ClN3O4S/c1-8-7-13-4-5-14(8)20(18,19)11-6-9(12)2-3-10(11)15(16)17/h2-3,6,8,13H,4-5,7H2,1H3. The molecule has 1 fully saturated rings. The molecule has 0 amide bonds. The van der Waals surface area contributed by atoms with Crippen molar-refractivity contribution in [1.29, 1.82) is 0 Å². The topological polar surface area (TPSA) is 92.6 Å². The molecule has 1 unspecified atom stereocenters. The van der Waals surface area contributed by atoms with Crippen LogP contribution in [0.4, 0.5) is 5.69 Å². The van der Waals surface area contributed by atoms with Crippen LogP contribution in [0.3, 0.4) is 0 Å². The van der Waals surface area contributed by atoms with E-state index in [1.165, 1.54) is 10.4 Å². The van der Waals surface area contributed by atoms with Crippen LogP contribution < -0.4 is 5.32 Å². The minimum Gasteiger partial charge on any atom is -0.314 e. The zero-order chi connectivity index (χ0) is 14.9. The zero-order valence-electron chi connectivity index (χ0n) is 10.7. The Morgan fingerprint density at radius 1 is 1.50 bits per heavy atom. The van der Waals surface area contributed by atoms with E-state index in [0.29, 0.717) is 13.1 Å². The Morgan fingerprint density at radius 2 is 2.20 bits per heavy atom. The third kappa shape index (κ3) is 2.78. The molecule has 1 aromatic carbocycles. The van der Waals surface area contributed by atoms with E-state index in [-0.39, 0.29) is 22.5 Å². The quantitative estimate of drug-likeness (QED) is 0.668. The molecule has 1 saturated heterocycles. The molecular weight excluding hydrogens is 306 g/mol. The summed E-state index contributed by atoms with van der Waals surface area (Å²) in [6, 6.07) is 3.28. The maximum absolute atomic E-state index is 12.6. The molecule has 0 bridgehead atoms. The molecule has 1 heterocycles. The molecule has 110 valence electrons. The third-order valence-corrected chi connectivity index (χ3v) is 5.42. The van der Waals surface area contributed by atoms with Crippen LogP contribution in [0.15, 0.2) is 23.1 Å². The molecule has 7 nitrogen and oxygen atoms in total. The van der Waals surface area contributed by atoms with Crippen molar-refractivity contribution in [3.05, 3.63) is 33.3 Å². The van der Waals surface area contributed by atoms with Crippen molar-refractivity contribution in [3.8, 4) is 0 Å². The van der Waals surface area contributed by atoms with Crippen molar-refractivity contribution < 1.29 is 13.3 Å². The molecule has 1 aliphatic heterocycles. The molecule has 1 aliphatic rings. The summed E-state index contributed by atoms with van der Waals surface area (Å²) in [7, 11) is -3.94. The molecule has 2 rings (SSSR count). The van der Waals surface area contributed by atoms with Gasteiger partial charge in [0.2, 0.25) is 10.0 Å². The molecule has 1 N–H and O–H groups in total. The average Bonchev–Trinajstić information content (AvgIpc) is 2.38. The molecule has 0 aliphatic carbocycles. The maximum atomic E-state index is 12.6. The SMILES string of the molecule is CC1CNCCN1S(=O)(=O)c1cc(Cl)ccc1[N+](=O)[O-]. The highest BCUT2D eigenvalue weighted by atomic mass is 35.5. The third-order valence-electron chi connectivity index (χ3n) is 3.15.